The molecular formula is C52H35NO. The Balaban J connectivity index is 0.993. The third kappa shape index (κ3) is 5.81. The first-order valence-corrected chi connectivity index (χ1v) is 18.4. The summed E-state index contributed by atoms with van der Waals surface area (Å²) in [5.74, 6) is 0.880. The summed E-state index contributed by atoms with van der Waals surface area (Å²) in [6.45, 7) is 0. The fourth-order valence-corrected chi connectivity index (χ4v) is 7.73. The van der Waals surface area contributed by atoms with Crippen LogP contribution in [-0.2, 0) is 0 Å². The van der Waals surface area contributed by atoms with Crippen LogP contribution in [0.25, 0.3) is 77.2 Å². The van der Waals surface area contributed by atoms with Crippen LogP contribution in [0.15, 0.2) is 217 Å². The molecule has 0 amide bonds. The second-order valence-electron chi connectivity index (χ2n) is 13.8. The lowest BCUT2D eigenvalue weighted by Gasteiger charge is -2.26. The zero-order valence-corrected chi connectivity index (χ0v) is 29.6. The largest absolute Gasteiger partial charge is 0.456 e. The summed E-state index contributed by atoms with van der Waals surface area (Å²) in [6.07, 6.45) is 0. The van der Waals surface area contributed by atoms with Gasteiger partial charge in [0.2, 0.25) is 0 Å². The van der Waals surface area contributed by atoms with Crippen LogP contribution in [0.3, 0.4) is 0 Å². The lowest BCUT2D eigenvalue weighted by Crippen LogP contribution is -2.09. The van der Waals surface area contributed by atoms with Gasteiger partial charge in [0.15, 0.2) is 0 Å². The summed E-state index contributed by atoms with van der Waals surface area (Å²) in [5, 5.41) is 6.11. The summed E-state index contributed by atoms with van der Waals surface area (Å²) < 4.78 is 6.26. The predicted octanol–water partition coefficient (Wildman–Crippen LogP) is 14.9. The monoisotopic (exact) mass is 689 g/mol. The molecule has 0 saturated carbocycles. The van der Waals surface area contributed by atoms with Crippen LogP contribution in [0.2, 0.25) is 0 Å². The molecule has 0 aliphatic carbocycles. The minimum absolute atomic E-state index is 0.880. The maximum Gasteiger partial charge on any atom is 0.136 e. The van der Waals surface area contributed by atoms with Crippen molar-refractivity contribution in [1.82, 2.24) is 0 Å². The number of hydrogen-bond donors (Lipinski definition) is 0. The molecule has 9 aromatic carbocycles. The van der Waals surface area contributed by atoms with E-state index >= 15 is 0 Å². The molecule has 0 saturated heterocycles. The lowest BCUT2D eigenvalue weighted by atomic mass is 9.95. The zero-order chi connectivity index (χ0) is 35.8. The zero-order valence-electron chi connectivity index (χ0n) is 29.6. The first-order valence-electron chi connectivity index (χ1n) is 18.4. The Morgan fingerprint density at radius 3 is 1.50 bits per heavy atom. The predicted molar refractivity (Wildman–Crippen MR) is 228 cm³/mol. The van der Waals surface area contributed by atoms with E-state index < -0.39 is 0 Å². The maximum atomic E-state index is 6.26. The molecule has 0 spiro atoms. The van der Waals surface area contributed by atoms with E-state index in [0.29, 0.717) is 0 Å². The molecule has 54 heavy (non-hydrogen) atoms. The summed E-state index contributed by atoms with van der Waals surface area (Å²) >= 11 is 0. The van der Waals surface area contributed by atoms with Crippen molar-refractivity contribution in [3.8, 4) is 44.7 Å². The van der Waals surface area contributed by atoms with Gasteiger partial charge in [-0.2, -0.15) is 0 Å². The second-order valence-corrected chi connectivity index (χ2v) is 13.8. The summed E-state index contributed by atoms with van der Waals surface area (Å²) in [4.78, 5) is 2.35. The molecule has 2 nitrogen and oxygen atoms in total. The number of benzene rings is 9. The Kier molecular flexibility index (Phi) is 7.85. The standard InChI is InChI=1S/C52H35NO/c1-2-10-36(11-3-1)38-24-28-44(29-25-38)53(46-32-33-49-42(34-46)23-22-40-12-4-6-14-47(40)49)45-30-26-39(27-31-45)37-18-20-41(21-19-37)48-15-7-8-16-50(48)52-35-43-13-5-9-17-51(43)54-52/h1-35H. The number of anilines is 3. The number of fused-ring (bicyclic) bond motifs is 4. The van der Waals surface area contributed by atoms with Gasteiger partial charge in [-0.15, -0.1) is 0 Å². The van der Waals surface area contributed by atoms with Crippen LogP contribution >= 0.6 is 0 Å². The minimum atomic E-state index is 0.880. The maximum absolute atomic E-state index is 6.26. The van der Waals surface area contributed by atoms with Gasteiger partial charge in [-0.05, 0) is 103 Å². The number of para-hydroxylation sites is 1. The van der Waals surface area contributed by atoms with E-state index in [-0.39, 0.29) is 0 Å². The Morgan fingerprint density at radius 1 is 0.296 bits per heavy atom. The van der Waals surface area contributed by atoms with Gasteiger partial charge in [0.05, 0.1) is 0 Å². The number of furan rings is 1. The van der Waals surface area contributed by atoms with Crippen LogP contribution in [0, 0.1) is 0 Å². The van der Waals surface area contributed by atoms with Gasteiger partial charge in [0.1, 0.15) is 11.3 Å². The van der Waals surface area contributed by atoms with Crippen molar-refractivity contribution in [2.45, 2.75) is 0 Å². The first kappa shape index (κ1) is 31.6. The van der Waals surface area contributed by atoms with Gasteiger partial charge in [-0.1, -0.05) is 164 Å². The SMILES string of the molecule is c1ccc(-c2ccc(N(c3ccc(-c4ccc(-c5ccccc5-c5cc6ccccc6o5)cc4)cc3)c3ccc4c(ccc5ccccc54)c3)cc2)cc1. The fraction of sp³-hybridized carbons (Fsp3) is 0. The van der Waals surface area contributed by atoms with Crippen molar-refractivity contribution in [2.24, 2.45) is 0 Å². The average molecular weight is 690 g/mol. The summed E-state index contributed by atoms with van der Waals surface area (Å²) in [7, 11) is 0. The third-order valence-electron chi connectivity index (χ3n) is 10.5. The molecule has 0 bridgehead atoms. The molecule has 0 unspecified atom stereocenters. The molecule has 0 N–H and O–H groups in total. The Hall–Kier alpha value is -7.16. The van der Waals surface area contributed by atoms with Gasteiger partial charge in [-0.3, -0.25) is 0 Å². The number of nitrogens with zero attached hydrogens (tertiary/aromatic N) is 1. The highest BCUT2D eigenvalue weighted by molar-refractivity contribution is 6.08. The summed E-state index contributed by atoms with van der Waals surface area (Å²) in [6, 6.07) is 75.9. The van der Waals surface area contributed by atoms with Crippen LogP contribution in [0.1, 0.15) is 0 Å². The van der Waals surface area contributed by atoms with E-state index in [1.807, 2.05) is 18.2 Å². The molecule has 0 atom stereocenters. The molecule has 0 aliphatic heterocycles. The minimum Gasteiger partial charge on any atom is -0.456 e. The Labute approximate surface area is 314 Å². The van der Waals surface area contributed by atoms with Crippen molar-refractivity contribution in [3.05, 3.63) is 212 Å². The lowest BCUT2D eigenvalue weighted by molar-refractivity contribution is 0.632. The van der Waals surface area contributed by atoms with Crippen LogP contribution in [0.5, 0.6) is 0 Å². The Morgan fingerprint density at radius 2 is 0.796 bits per heavy atom. The van der Waals surface area contributed by atoms with E-state index in [4.69, 9.17) is 4.42 Å². The van der Waals surface area contributed by atoms with Crippen LogP contribution in [0.4, 0.5) is 17.1 Å². The molecule has 1 aromatic heterocycles. The second kappa shape index (κ2) is 13.4. The van der Waals surface area contributed by atoms with Crippen molar-refractivity contribution in [1.29, 1.82) is 0 Å². The highest BCUT2D eigenvalue weighted by atomic mass is 16.3. The fourth-order valence-electron chi connectivity index (χ4n) is 7.73. The van der Waals surface area contributed by atoms with E-state index in [2.05, 4.69) is 199 Å². The molecule has 1 heterocycles. The van der Waals surface area contributed by atoms with Crippen molar-refractivity contribution in [2.75, 3.05) is 4.90 Å². The number of hydrogen-bond acceptors (Lipinski definition) is 2. The van der Waals surface area contributed by atoms with Crippen LogP contribution in [-0.4, -0.2) is 0 Å². The summed E-state index contributed by atoms with van der Waals surface area (Å²) in [5.41, 5.74) is 12.4. The topological polar surface area (TPSA) is 16.4 Å². The van der Waals surface area contributed by atoms with Crippen molar-refractivity contribution in [3.63, 3.8) is 0 Å². The average Bonchev–Trinajstić information content (AvgIpc) is 3.69. The molecule has 254 valence electrons. The number of rotatable bonds is 7. The molecule has 0 radical (unpaired) electrons. The smallest absolute Gasteiger partial charge is 0.136 e. The highest BCUT2D eigenvalue weighted by Crippen LogP contribution is 2.40. The van der Waals surface area contributed by atoms with Crippen molar-refractivity contribution >= 4 is 49.6 Å². The molecule has 10 rings (SSSR count). The van der Waals surface area contributed by atoms with Gasteiger partial charge >= 0.3 is 0 Å². The quantitative estimate of drug-likeness (QED) is 0.155. The molecule has 0 aliphatic rings. The van der Waals surface area contributed by atoms with Gasteiger partial charge in [0.25, 0.3) is 0 Å². The van der Waals surface area contributed by atoms with E-state index in [1.165, 1.54) is 43.8 Å². The van der Waals surface area contributed by atoms with E-state index in [0.717, 1.165) is 50.5 Å². The van der Waals surface area contributed by atoms with Gasteiger partial charge in [-0.25, -0.2) is 0 Å². The van der Waals surface area contributed by atoms with Crippen molar-refractivity contribution < 1.29 is 4.42 Å². The highest BCUT2D eigenvalue weighted by Gasteiger charge is 2.16. The Bertz CT molecular complexity index is 2870. The van der Waals surface area contributed by atoms with E-state index in [1.54, 1.807) is 0 Å². The molecular weight excluding hydrogens is 655 g/mol. The van der Waals surface area contributed by atoms with Gasteiger partial charge in [0, 0.05) is 28.0 Å². The van der Waals surface area contributed by atoms with Gasteiger partial charge < -0.3 is 9.32 Å². The third-order valence-corrected chi connectivity index (χ3v) is 10.5. The molecule has 10 aromatic rings. The molecule has 2 heteroatoms. The first-order chi connectivity index (χ1) is 26.7. The normalized spacial score (nSPS) is 11.3. The molecule has 0 fully saturated rings. The van der Waals surface area contributed by atoms with E-state index in [9.17, 15) is 0 Å². The van der Waals surface area contributed by atoms with Crippen LogP contribution < -0.4 is 4.90 Å².